The highest BCUT2D eigenvalue weighted by Crippen LogP contribution is 2.49. The van der Waals surface area contributed by atoms with Crippen LogP contribution in [0.1, 0.15) is 43.7 Å². The number of carboxylic acid groups (broad SMARTS) is 1. The molecule has 0 saturated heterocycles. The van der Waals surface area contributed by atoms with Crippen LogP contribution >= 0.6 is 0 Å². The number of hydrogen-bond donors (Lipinski definition) is 2. The van der Waals surface area contributed by atoms with E-state index in [9.17, 15) is 14.7 Å². The first-order valence-corrected chi connectivity index (χ1v) is 10.7. The fourth-order valence-electron chi connectivity index (χ4n) is 5.10. The molecule has 2 aliphatic carbocycles. The van der Waals surface area contributed by atoms with Gasteiger partial charge in [-0.15, -0.1) is 0 Å². The lowest BCUT2D eigenvalue weighted by atomic mass is 9.73. The number of esters is 1. The number of fused-ring (bicyclic) bond motifs is 2. The van der Waals surface area contributed by atoms with Crippen molar-refractivity contribution in [1.29, 1.82) is 0 Å². The number of hydrogen-bond acceptors (Lipinski definition) is 6. The summed E-state index contributed by atoms with van der Waals surface area (Å²) in [6.07, 6.45) is 4.07. The van der Waals surface area contributed by atoms with Crippen molar-refractivity contribution in [1.82, 2.24) is 0 Å². The average molecular weight is 421 g/mol. The van der Waals surface area contributed by atoms with Crippen LogP contribution in [0.15, 0.2) is 18.2 Å². The normalized spacial score (nSPS) is 25.8. The fraction of sp³-hybridized carbons (Fsp3) is 0.652. The van der Waals surface area contributed by atoms with E-state index < -0.39 is 5.97 Å². The van der Waals surface area contributed by atoms with Gasteiger partial charge in [-0.05, 0) is 73.5 Å². The number of carboxylic acids is 1. The average Bonchev–Trinajstić information content (AvgIpc) is 3.04. The molecule has 1 aromatic rings. The van der Waals surface area contributed by atoms with E-state index in [2.05, 4.69) is 6.07 Å². The van der Waals surface area contributed by atoms with Gasteiger partial charge in [-0.3, -0.25) is 0 Å². The van der Waals surface area contributed by atoms with E-state index in [4.69, 9.17) is 19.3 Å². The molecule has 1 aromatic carbocycles. The molecule has 0 heterocycles. The van der Waals surface area contributed by atoms with Crippen molar-refractivity contribution in [2.75, 3.05) is 20.3 Å². The first kappa shape index (κ1) is 22.6. The maximum atomic E-state index is 12.1. The predicted molar refractivity (Wildman–Crippen MR) is 109 cm³/mol. The number of carbonyl (C=O) groups excluding carboxylic acids is 1. The maximum absolute atomic E-state index is 12.1. The molecule has 0 unspecified atom stereocenters. The Hall–Kier alpha value is -2.12. The summed E-state index contributed by atoms with van der Waals surface area (Å²) in [5.74, 6) is 0.153. The summed E-state index contributed by atoms with van der Waals surface area (Å²) in [4.78, 5) is 23.0. The standard InChI is InChI=1S/C23H32O7/c1-3-16(24)7-8-17-18-9-14-5-4-6-20(29-12-22(25)26)19(14)10-15(18)11-21(17)30-23(27)13-28-2/h4-6,15-18,21,24H,3,7-13H2,1-2H3,(H,25,26)/t15-,16-,17+,18-,21+/m0/s1. The predicted octanol–water partition coefficient (Wildman–Crippen LogP) is 2.61. The van der Waals surface area contributed by atoms with Crippen molar-refractivity contribution in [3.63, 3.8) is 0 Å². The van der Waals surface area contributed by atoms with Crippen molar-refractivity contribution >= 4 is 11.9 Å². The summed E-state index contributed by atoms with van der Waals surface area (Å²) in [5, 5.41) is 19.0. The lowest BCUT2D eigenvalue weighted by Gasteiger charge is -2.32. The topological polar surface area (TPSA) is 102 Å². The Morgan fingerprint density at radius 2 is 2.03 bits per heavy atom. The Bertz CT molecular complexity index is 747. The minimum Gasteiger partial charge on any atom is -0.482 e. The highest BCUT2D eigenvalue weighted by Gasteiger charge is 2.47. The summed E-state index contributed by atoms with van der Waals surface area (Å²) in [7, 11) is 1.47. The first-order valence-electron chi connectivity index (χ1n) is 10.7. The Morgan fingerprint density at radius 3 is 2.73 bits per heavy atom. The summed E-state index contributed by atoms with van der Waals surface area (Å²) in [6.45, 7) is 1.54. The minimum absolute atomic E-state index is 0.0659. The Morgan fingerprint density at radius 1 is 1.23 bits per heavy atom. The van der Waals surface area contributed by atoms with E-state index in [-0.39, 0.29) is 37.3 Å². The molecule has 166 valence electrons. The van der Waals surface area contributed by atoms with Crippen molar-refractivity contribution in [3.05, 3.63) is 29.3 Å². The SMILES string of the molecule is CC[C@H](O)CC[C@@H]1[C@H]2Cc3cccc(OCC(=O)O)c3C[C@H]2C[C@H]1OC(=O)COC. The Balaban J connectivity index is 1.78. The fourth-order valence-corrected chi connectivity index (χ4v) is 5.10. The summed E-state index contributed by atoms with van der Waals surface area (Å²) in [5.41, 5.74) is 2.24. The van der Waals surface area contributed by atoms with Crippen molar-refractivity contribution in [2.45, 2.75) is 57.7 Å². The van der Waals surface area contributed by atoms with Crippen molar-refractivity contribution in [3.8, 4) is 5.75 Å². The third kappa shape index (κ3) is 5.32. The van der Waals surface area contributed by atoms with Crippen LogP contribution in [0.3, 0.4) is 0 Å². The monoisotopic (exact) mass is 420 g/mol. The zero-order valence-electron chi connectivity index (χ0n) is 17.7. The third-order valence-electron chi connectivity index (χ3n) is 6.52. The van der Waals surface area contributed by atoms with Gasteiger partial charge in [0.2, 0.25) is 0 Å². The molecule has 3 rings (SSSR count). The molecule has 2 N–H and O–H groups in total. The van der Waals surface area contributed by atoms with E-state index in [0.29, 0.717) is 30.4 Å². The summed E-state index contributed by atoms with van der Waals surface area (Å²) in [6, 6.07) is 5.79. The molecule has 7 heteroatoms. The highest BCUT2D eigenvalue weighted by atomic mass is 16.6. The van der Waals surface area contributed by atoms with Crippen LogP contribution in [0.2, 0.25) is 0 Å². The van der Waals surface area contributed by atoms with Crippen molar-refractivity contribution in [2.24, 2.45) is 17.8 Å². The van der Waals surface area contributed by atoms with Crippen molar-refractivity contribution < 1.29 is 34.0 Å². The van der Waals surface area contributed by atoms with Gasteiger partial charge in [-0.25, -0.2) is 9.59 Å². The zero-order valence-corrected chi connectivity index (χ0v) is 17.7. The minimum atomic E-state index is -0.998. The van der Waals surface area contributed by atoms with Crippen LogP contribution in [0.25, 0.3) is 0 Å². The van der Waals surface area contributed by atoms with Gasteiger partial charge in [0, 0.05) is 7.11 Å². The molecule has 7 nitrogen and oxygen atoms in total. The quantitative estimate of drug-likeness (QED) is 0.561. The third-order valence-corrected chi connectivity index (χ3v) is 6.52. The molecule has 1 saturated carbocycles. The second kappa shape index (κ2) is 10.3. The van der Waals surface area contributed by atoms with E-state index >= 15 is 0 Å². The molecule has 0 radical (unpaired) electrons. The molecule has 30 heavy (non-hydrogen) atoms. The highest BCUT2D eigenvalue weighted by molar-refractivity contribution is 5.71. The molecule has 1 fully saturated rings. The van der Waals surface area contributed by atoms with Gasteiger partial charge in [0.25, 0.3) is 0 Å². The number of aliphatic hydroxyl groups excluding tert-OH is 1. The van der Waals surface area contributed by atoms with Crippen LogP contribution in [-0.4, -0.2) is 54.7 Å². The molecule has 2 aliphatic rings. The number of aliphatic carboxylic acids is 1. The van der Waals surface area contributed by atoms with Crippen LogP contribution in [0, 0.1) is 17.8 Å². The van der Waals surface area contributed by atoms with E-state index in [1.165, 1.54) is 12.7 Å². The Kier molecular flexibility index (Phi) is 7.72. The second-order valence-corrected chi connectivity index (χ2v) is 8.41. The molecule has 0 amide bonds. The van der Waals surface area contributed by atoms with Gasteiger partial charge in [0.15, 0.2) is 6.61 Å². The van der Waals surface area contributed by atoms with Crippen LogP contribution in [0.5, 0.6) is 5.75 Å². The number of aliphatic hydroxyl groups is 1. The van der Waals surface area contributed by atoms with E-state index in [0.717, 1.165) is 31.2 Å². The van der Waals surface area contributed by atoms with Crippen LogP contribution < -0.4 is 4.74 Å². The molecular formula is C23H32O7. The van der Waals surface area contributed by atoms with E-state index in [1.54, 1.807) is 0 Å². The first-order chi connectivity index (χ1) is 14.4. The lowest BCUT2D eigenvalue weighted by molar-refractivity contribution is -0.155. The zero-order chi connectivity index (χ0) is 21.7. The summed E-state index contributed by atoms with van der Waals surface area (Å²) >= 11 is 0. The number of methoxy groups -OCH3 is 1. The Labute approximate surface area is 177 Å². The molecule has 0 aromatic heterocycles. The number of carbonyl (C=O) groups is 2. The number of benzene rings is 1. The molecular weight excluding hydrogens is 388 g/mol. The molecule has 0 aliphatic heterocycles. The maximum Gasteiger partial charge on any atom is 0.341 e. The molecule has 0 spiro atoms. The lowest BCUT2D eigenvalue weighted by Crippen LogP contribution is -2.30. The van der Waals surface area contributed by atoms with Gasteiger partial charge in [-0.2, -0.15) is 0 Å². The van der Waals surface area contributed by atoms with Crippen LogP contribution in [-0.2, 0) is 31.9 Å². The number of rotatable bonds is 10. The van der Waals surface area contributed by atoms with Gasteiger partial charge in [-0.1, -0.05) is 19.1 Å². The van der Waals surface area contributed by atoms with Gasteiger partial charge >= 0.3 is 11.9 Å². The summed E-state index contributed by atoms with van der Waals surface area (Å²) < 4.78 is 16.2. The number of ether oxygens (including phenoxy) is 3. The molecule has 0 bridgehead atoms. The van der Waals surface area contributed by atoms with Gasteiger partial charge in [0.1, 0.15) is 18.5 Å². The van der Waals surface area contributed by atoms with Crippen LogP contribution in [0.4, 0.5) is 0 Å². The smallest absolute Gasteiger partial charge is 0.341 e. The largest absolute Gasteiger partial charge is 0.482 e. The van der Waals surface area contributed by atoms with Gasteiger partial charge < -0.3 is 24.4 Å². The van der Waals surface area contributed by atoms with E-state index in [1.807, 2.05) is 19.1 Å². The van der Waals surface area contributed by atoms with Gasteiger partial charge in [0.05, 0.1) is 6.10 Å². The molecule has 5 atom stereocenters. The second-order valence-electron chi connectivity index (χ2n) is 8.41.